The first-order chi connectivity index (χ1) is 12.4. The number of sulfonamides is 1. The number of nitrogens with zero attached hydrogens (tertiary/aromatic N) is 4. The smallest absolute Gasteiger partial charge is 0.244 e. The zero-order valence-electron chi connectivity index (χ0n) is 15.9. The lowest BCUT2D eigenvalue weighted by Gasteiger charge is -2.34. The van der Waals surface area contributed by atoms with Gasteiger partial charge in [-0.1, -0.05) is 6.42 Å². The Bertz CT molecular complexity index is 665. The summed E-state index contributed by atoms with van der Waals surface area (Å²) in [5, 5.41) is 3.38. The van der Waals surface area contributed by atoms with Crippen LogP contribution in [0.2, 0.25) is 0 Å². The Morgan fingerprint density at radius 3 is 2.38 bits per heavy atom. The minimum Gasteiger partial charge on any atom is -0.366 e. The third-order valence-electron chi connectivity index (χ3n) is 5.21. The van der Waals surface area contributed by atoms with Gasteiger partial charge in [-0.25, -0.2) is 13.4 Å². The van der Waals surface area contributed by atoms with E-state index >= 15 is 0 Å². The van der Waals surface area contributed by atoms with E-state index in [0.29, 0.717) is 13.1 Å². The number of hydrogen-bond acceptors (Lipinski definition) is 6. The van der Waals surface area contributed by atoms with Crippen molar-refractivity contribution in [2.75, 3.05) is 58.2 Å². The zero-order chi connectivity index (χ0) is 18.6. The summed E-state index contributed by atoms with van der Waals surface area (Å²) in [6, 6.07) is 3.70. The van der Waals surface area contributed by atoms with Crippen LogP contribution in [0, 0.1) is 0 Å². The fourth-order valence-electron chi connectivity index (χ4n) is 3.59. The minimum atomic E-state index is -3.41. The Hall–Kier alpha value is -1.22. The third-order valence-corrected chi connectivity index (χ3v) is 7.09. The molecule has 1 aromatic rings. The highest BCUT2D eigenvalue weighted by Gasteiger charge is 2.26. The highest BCUT2D eigenvalue weighted by Crippen LogP contribution is 2.20. The molecule has 1 aromatic heterocycles. The molecule has 0 spiro atoms. The maximum Gasteiger partial charge on any atom is 0.244 e. The molecule has 7 nitrogen and oxygen atoms in total. The van der Waals surface area contributed by atoms with E-state index in [2.05, 4.69) is 34.1 Å². The van der Waals surface area contributed by atoms with Crippen molar-refractivity contribution in [1.29, 1.82) is 0 Å². The maximum atomic E-state index is 12.7. The van der Waals surface area contributed by atoms with E-state index in [4.69, 9.17) is 0 Å². The van der Waals surface area contributed by atoms with Crippen LogP contribution in [0.25, 0.3) is 0 Å². The van der Waals surface area contributed by atoms with E-state index in [0.717, 1.165) is 57.8 Å². The molecule has 2 aliphatic rings. The van der Waals surface area contributed by atoms with Gasteiger partial charge in [0.1, 0.15) is 10.7 Å². The van der Waals surface area contributed by atoms with Crippen LogP contribution in [0.15, 0.2) is 23.2 Å². The third kappa shape index (κ3) is 4.94. The van der Waals surface area contributed by atoms with Crippen molar-refractivity contribution in [2.45, 2.75) is 37.1 Å². The standard InChI is InChI=1S/C18H31N5O2S/c1-16(15-22-12-10-21(2)11-13-22)20-18-7-6-17(14-19-18)26(24,25)23-8-4-3-5-9-23/h6-7,14,16H,3-5,8-13,15H2,1-2H3,(H,19,20). The van der Waals surface area contributed by atoms with Gasteiger partial charge in [0.05, 0.1) is 0 Å². The van der Waals surface area contributed by atoms with Gasteiger partial charge in [0.15, 0.2) is 0 Å². The number of pyridine rings is 1. The number of hydrogen-bond donors (Lipinski definition) is 1. The molecular weight excluding hydrogens is 350 g/mol. The van der Waals surface area contributed by atoms with Crippen LogP contribution in [0.3, 0.4) is 0 Å². The lowest BCUT2D eigenvalue weighted by Crippen LogP contribution is -2.47. The molecule has 2 saturated heterocycles. The quantitative estimate of drug-likeness (QED) is 0.801. The van der Waals surface area contributed by atoms with Crippen LogP contribution in [0.5, 0.6) is 0 Å². The van der Waals surface area contributed by atoms with Gasteiger partial charge in [-0.15, -0.1) is 0 Å². The van der Waals surface area contributed by atoms with Crippen LogP contribution >= 0.6 is 0 Å². The second-order valence-corrected chi connectivity index (χ2v) is 9.43. The number of likely N-dealkylation sites (N-methyl/N-ethyl adjacent to an activating group) is 1. The van der Waals surface area contributed by atoms with E-state index in [1.807, 2.05) is 0 Å². The molecule has 1 N–H and O–H groups in total. The topological polar surface area (TPSA) is 68.8 Å². The second kappa shape index (κ2) is 8.65. The van der Waals surface area contributed by atoms with Crippen LogP contribution in [0.4, 0.5) is 5.82 Å². The summed E-state index contributed by atoms with van der Waals surface area (Å²) in [5.41, 5.74) is 0. The van der Waals surface area contributed by atoms with Gasteiger partial charge < -0.3 is 10.2 Å². The Labute approximate surface area is 157 Å². The van der Waals surface area contributed by atoms with Crippen molar-refractivity contribution in [2.24, 2.45) is 0 Å². The van der Waals surface area contributed by atoms with Crippen molar-refractivity contribution in [1.82, 2.24) is 19.1 Å². The summed E-state index contributed by atoms with van der Waals surface area (Å²) in [6.45, 7) is 8.71. The fourth-order valence-corrected chi connectivity index (χ4v) is 5.05. The second-order valence-electron chi connectivity index (χ2n) is 7.49. The molecule has 3 rings (SSSR count). The molecule has 0 radical (unpaired) electrons. The fraction of sp³-hybridized carbons (Fsp3) is 0.722. The lowest BCUT2D eigenvalue weighted by molar-refractivity contribution is 0.151. The number of piperidine rings is 1. The summed E-state index contributed by atoms with van der Waals surface area (Å²) in [5.74, 6) is 0.726. The van der Waals surface area contributed by atoms with Crippen LogP contribution in [0.1, 0.15) is 26.2 Å². The zero-order valence-corrected chi connectivity index (χ0v) is 16.7. The van der Waals surface area contributed by atoms with Crippen molar-refractivity contribution in [3.8, 4) is 0 Å². The summed E-state index contributed by atoms with van der Waals surface area (Å²) in [4.78, 5) is 9.43. The Kier molecular flexibility index (Phi) is 6.50. The highest BCUT2D eigenvalue weighted by molar-refractivity contribution is 7.89. The van der Waals surface area contributed by atoms with E-state index in [-0.39, 0.29) is 10.9 Å². The van der Waals surface area contributed by atoms with Crippen molar-refractivity contribution in [3.05, 3.63) is 18.3 Å². The monoisotopic (exact) mass is 381 g/mol. The average Bonchev–Trinajstić information content (AvgIpc) is 2.65. The molecule has 8 heteroatoms. The first-order valence-corrected chi connectivity index (χ1v) is 11.0. The SMILES string of the molecule is CC(CN1CCN(C)CC1)Nc1ccc(S(=O)(=O)N2CCCCC2)cn1. The average molecular weight is 382 g/mol. The molecular formula is C18H31N5O2S. The number of nitrogens with one attached hydrogen (secondary N) is 1. The highest BCUT2D eigenvalue weighted by atomic mass is 32.2. The minimum absolute atomic E-state index is 0.260. The molecule has 146 valence electrons. The lowest BCUT2D eigenvalue weighted by atomic mass is 10.2. The van der Waals surface area contributed by atoms with Gasteiger partial charge in [-0.05, 0) is 38.9 Å². The summed E-state index contributed by atoms with van der Waals surface area (Å²) in [7, 11) is -1.25. The molecule has 26 heavy (non-hydrogen) atoms. The predicted octanol–water partition coefficient (Wildman–Crippen LogP) is 1.30. The van der Waals surface area contributed by atoms with E-state index in [1.54, 1.807) is 16.4 Å². The molecule has 2 fully saturated rings. The normalized spacial score (nSPS) is 22.2. The molecule has 3 heterocycles. The summed E-state index contributed by atoms with van der Waals surface area (Å²) in [6.07, 6.45) is 4.47. The number of rotatable bonds is 6. The molecule has 0 amide bonds. The van der Waals surface area contributed by atoms with Gasteiger partial charge in [-0.2, -0.15) is 4.31 Å². The molecule has 1 atom stereocenters. The van der Waals surface area contributed by atoms with Gasteiger partial charge in [0.25, 0.3) is 0 Å². The maximum absolute atomic E-state index is 12.7. The first kappa shape index (κ1) is 19.5. The van der Waals surface area contributed by atoms with Gasteiger partial charge in [-0.3, -0.25) is 4.90 Å². The Balaban J connectivity index is 1.55. The summed E-state index contributed by atoms with van der Waals surface area (Å²) >= 11 is 0. The molecule has 1 unspecified atom stereocenters. The molecule has 0 bridgehead atoms. The summed E-state index contributed by atoms with van der Waals surface area (Å²) < 4.78 is 26.9. The number of anilines is 1. The number of aromatic nitrogens is 1. The van der Waals surface area contributed by atoms with Crippen molar-refractivity contribution < 1.29 is 8.42 Å². The first-order valence-electron chi connectivity index (χ1n) is 9.59. The molecule has 0 saturated carbocycles. The predicted molar refractivity (Wildman–Crippen MR) is 104 cm³/mol. The van der Waals surface area contributed by atoms with Gasteiger partial charge in [0.2, 0.25) is 10.0 Å². The Morgan fingerprint density at radius 1 is 1.08 bits per heavy atom. The number of piperazine rings is 1. The van der Waals surface area contributed by atoms with Crippen LogP contribution < -0.4 is 5.32 Å². The molecule has 0 aliphatic carbocycles. The van der Waals surface area contributed by atoms with Gasteiger partial charge >= 0.3 is 0 Å². The van der Waals surface area contributed by atoms with E-state index in [1.165, 1.54) is 6.20 Å². The molecule has 2 aliphatic heterocycles. The molecule has 0 aromatic carbocycles. The van der Waals surface area contributed by atoms with Gasteiger partial charge in [0, 0.05) is 58.1 Å². The van der Waals surface area contributed by atoms with E-state index in [9.17, 15) is 8.42 Å². The Morgan fingerprint density at radius 2 is 1.77 bits per heavy atom. The van der Waals surface area contributed by atoms with E-state index < -0.39 is 10.0 Å². The van der Waals surface area contributed by atoms with Crippen LogP contribution in [-0.4, -0.2) is 86.4 Å². The largest absolute Gasteiger partial charge is 0.366 e. The van der Waals surface area contributed by atoms with Crippen molar-refractivity contribution >= 4 is 15.8 Å². The van der Waals surface area contributed by atoms with Crippen LogP contribution in [-0.2, 0) is 10.0 Å². The van der Waals surface area contributed by atoms with Crippen molar-refractivity contribution in [3.63, 3.8) is 0 Å².